The summed E-state index contributed by atoms with van der Waals surface area (Å²) in [6.45, 7) is 16.8. The van der Waals surface area contributed by atoms with Gasteiger partial charge in [0.2, 0.25) is 0 Å². The van der Waals surface area contributed by atoms with Crippen molar-refractivity contribution in [1.82, 2.24) is 19.6 Å². The van der Waals surface area contributed by atoms with E-state index in [4.69, 9.17) is 14.6 Å². The van der Waals surface area contributed by atoms with Crippen LogP contribution in [0.4, 0.5) is 4.79 Å². The van der Waals surface area contributed by atoms with Gasteiger partial charge in [0.25, 0.3) is 0 Å². The second kappa shape index (κ2) is 8.50. The maximum atomic E-state index is 12.2. The molecule has 2 atom stereocenters. The number of carbonyl (C=O) groups is 1. The summed E-state index contributed by atoms with van der Waals surface area (Å²) in [5, 5.41) is 5.05. The van der Waals surface area contributed by atoms with Gasteiger partial charge in [0, 0.05) is 51.4 Å². The maximum Gasteiger partial charge on any atom is 0.410 e. The van der Waals surface area contributed by atoms with E-state index in [2.05, 4.69) is 36.4 Å². The molecule has 0 radical (unpaired) electrons. The first-order chi connectivity index (χ1) is 14.2. The van der Waals surface area contributed by atoms with Gasteiger partial charge in [-0.25, -0.2) is 4.79 Å². The summed E-state index contributed by atoms with van der Waals surface area (Å²) in [5.74, 6) is 1.09. The van der Waals surface area contributed by atoms with Crippen LogP contribution in [0, 0.1) is 11.8 Å². The summed E-state index contributed by atoms with van der Waals surface area (Å²) in [4.78, 5) is 16.7. The summed E-state index contributed by atoms with van der Waals surface area (Å²) in [5.41, 5.74) is 2.54. The number of hydrogen-bond acceptors (Lipinski definition) is 5. The quantitative estimate of drug-likeness (QED) is 0.750. The van der Waals surface area contributed by atoms with Crippen molar-refractivity contribution in [2.24, 2.45) is 11.8 Å². The average molecular weight is 419 g/mol. The third-order valence-electron chi connectivity index (χ3n) is 6.66. The Hall–Kier alpha value is -1.60. The van der Waals surface area contributed by atoms with Crippen molar-refractivity contribution in [3.05, 3.63) is 17.5 Å². The van der Waals surface area contributed by atoms with Gasteiger partial charge in [-0.15, -0.1) is 0 Å². The van der Waals surface area contributed by atoms with Crippen LogP contribution in [0.2, 0.25) is 0 Å². The third-order valence-corrected chi connectivity index (χ3v) is 6.66. The molecule has 168 valence electrons. The number of nitrogens with zero attached hydrogens (tertiary/aromatic N) is 4. The topological polar surface area (TPSA) is 59.8 Å². The van der Waals surface area contributed by atoms with Gasteiger partial charge in [-0.2, -0.15) is 5.10 Å². The number of ether oxygens (including phenoxy) is 2. The highest BCUT2D eigenvalue weighted by molar-refractivity contribution is 5.68. The molecule has 4 heterocycles. The van der Waals surface area contributed by atoms with E-state index in [0.29, 0.717) is 17.9 Å². The number of amides is 1. The first kappa shape index (κ1) is 21.6. The van der Waals surface area contributed by atoms with Gasteiger partial charge >= 0.3 is 6.09 Å². The molecule has 4 rings (SSSR count). The van der Waals surface area contributed by atoms with Crippen LogP contribution in [0.1, 0.15) is 64.9 Å². The molecule has 2 unspecified atom stereocenters. The molecular formula is C23H38N4O3. The Labute approximate surface area is 180 Å². The van der Waals surface area contributed by atoms with Gasteiger partial charge in [0.05, 0.1) is 23.5 Å². The van der Waals surface area contributed by atoms with Crippen LogP contribution in [0.15, 0.2) is 6.07 Å². The Morgan fingerprint density at radius 2 is 1.80 bits per heavy atom. The Balaban J connectivity index is 1.42. The first-order valence-electron chi connectivity index (χ1n) is 11.5. The molecule has 3 aliphatic rings. The third kappa shape index (κ3) is 4.67. The monoisotopic (exact) mass is 418 g/mol. The molecular weight excluding hydrogens is 380 g/mol. The molecule has 1 amide bonds. The smallest absolute Gasteiger partial charge is 0.410 e. The summed E-state index contributed by atoms with van der Waals surface area (Å²) in [7, 11) is 0. The van der Waals surface area contributed by atoms with Crippen LogP contribution in [0.25, 0.3) is 0 Å². The highest BCUT2D eigenvalue weighted by atomic mass is 16.6. The van der Waals surface area contributed by atoms with Crippen molar-refractivity contribution in [2.75, 3.05) is 39.4 Å². The second-order valence-corrected chi connectivity index (χ2v) is 10.6. The molecule has 7 nitrogen and oxygen atoms in total. The van der Waals surface area contributed by atoms with Gasteiger partial charge in [-0.05, 0) is 44.6 Å². The van der Waals surface area contributed by atoms with Crippen LogP contribution in [-0.4, -0.2) is 71.2 Å². The van der Waals surface area contributed by atoms with E-state index >= 15 is 0 Å². The van der Waals surface area contributed by atoms with Crippen molar-refractivity contribution in [2.45, 2.75) is 71.6 Å². The zero-order valence-electron chi connectivity index (χ0n) is 19.3. The maximum absolute atomic E-state index is 12.2. The number of rotatable bonds is 4. The van der Waals surface area contributed by atoms with E-state index in [-0.39, 0.29) is 17.6 Å². The molecule has 3 saturated heterocycles. The molecule has 1 aromatic rings. The minimum Gasteiger partial charge on any atom is -0.447 e. The fourth-order valence-corrected chi connectivity index (χ4v) is 5.04. The highest BCUT2D eigenvalue weighted by Crippen LogP contribution is 2.34. The zero-order valence-corrected chi connectivity index (χ0v) is 19.3. The van der Waals surface area contributed by atoms with Crippen molar-refractivity contribution >= 4 is 6.09 Å². The molecule has 0 spiro atoms. The van der Waals surface area contributed by atoms with Crippen LogP contribution in [0.5, 0.6) is 0 Å². The number of hydrogen-bond donors (Lipinski definition) is 0. The minimum absolute atomic E-state index is 0.0456. The van der Waals surface area contributed by atoms with Gasteiger partial charge in [0.15, 0.2) is 0 Å². The SMILES string of the molecule is CC(C)OC(=O)N1CC2CN(Cc3cc(C(C)(C)C)nn3C3CCOCC3)CC2C1. The van der Waals surface area contributed by atoms with Crippen LogP contribution >= 0.6 is 0 Å². The average Bonchev–Trinajstić information content (AvgIpc) is 3.34. The van der Waals surface area contributed by atoms with E-state index in [1.807, 2.05) is 18.7 Å². The molecule has 0 bridgehead atoms. The summed E-state index contributed by atoms with van der Waals surface area (Å²) in [6, 6.07) is 2.75. The van der Waals surface area contributed by atoms with E-state index in [9.17, 15) is 4.79 Å². The number of carbonyl (C=O) groups excluding carboxylic acids is 1. The summed E-state index contributed by atoms with van der Waals surface area (Å²) < 4.78 is 13.3. The predicted octanol–water partition coefficient (Wildman–Crippen LogP) is 3.44. The van der Waals surface area contributed by atoms with E-state index in [1.54, 1.807) is 0 Å². The zero-order chi connectivity index (χ0) is 21.5. The normalized spacial score (nSPS) is 25.9. The van der Waals surface area contributed by atoms with Gasteiger partial charge in [-0.3, -0.25) is 9.58 Å². The molecule has 0 aliphatic carbocycles. The summed E-state index contributed by atoms with van der Waals surface area (Å²) >= 11 is 0. The molecule has 0 aromatic carbocycles. The Kier molecular flexibility index (Phi) is 6.13. The van der Waals surface area contributed by atoms with Crippen LogP contribution in [-0.2, 0) is 21.4 Å². The molecule has 3 fully saturated rings. The lowest BCUT2D eigenvalue weighted by molar-refractivity contribution is 0.0643. The lowest BCUT2D eigenvalue weighted by atomic mass is 9.92. The molecule has 1 aromatic heterocycles. The fourth-order valence-electron chi connectivity index (χ4n) is 5.04. The number of likely N-dealkylation sites (tertiary alicyclic amines) is 2. The minimum atomic E-state index is -0.154. The van der Waals surface area contributed by atoms with Crippen molar-refractivity contribution in [3.8, 4) is 0 Å². The van der Waals surface area contributed by atoms with Crippen molar-refractivity contribution < 1.29 is 14.3 Å². The van der Waals surface area contributed by atoms with Gasteiger partial charge in [0.1, 0.15) is 0 Å². The summed E-state index contributed by atoms with van der Waals surface area (Å²) in [6.07, 6.45) is 1.86. The lowest BCUT2D eigenvalue weighted by Crippen LogP contribution is -2.35. The van der Waals surface area contributed by atoms with E-state index in [0.717, 1.165) is 58.8 Å². The number of fused-ring (bicyclic) bond motifs is 1. The van der Waals surface area contributed by atoms with Crippen molar-refractivity contribution in [3.63, 3.8) is 0 Å². The van der Waals surface area contributed by atoms with Crippen LogP contribution < -0.4 is 0 Å². The molecule has 0 saturated carbocycles. The first-order valence-corrected chi connectivity index (χ1v) is 11.5. The highest BCUT2D eigenvalue weighted by Gasteiger charge is 2.42. The van der Waals surface area contributed by atoms with Gasteiger partial charge < -0.3 is 14.4 Å². The Morgan fingerprint density at radius 3 is 2.37 bits per heavy atom. The number of aromatic nitrogens is 2. The lowest BCUT2D eigenvalue weighted by Gasteiger charge is -2.26. The van der Waals surface area contributed by atoms with Crippen molar-refractivity contribution in [1.29, 1.82) is 0 Å². The molecule has 7 heteroatoms. The Morgan fingerprint density at radius 1 is 1.17 bits per heavy atom. The molecule has 0 N–H and O–H groups in total. The largest absolute Gasteiger partial charge is 0.447 e. The molecule has 30 heavy (non-hydrogen) atoms. The van der Waals surface area contributed by atoms with E-state index in [1.165, 1.54) is 11.4 Å². The fraction of sp³-hybridized carbons (Fsp3) is 0.826. The van der Waals surface area contributed by atoms with Crippen LogP contribution in [0.3, 0.4) is 0 Å². The predicted molar refractivity (Wildman–Crippen MR) is 115 cm³/mol. The standard InChI is InChI=1S/C23H38N4O3/c1-16(2)30-22(28)26-13-17-11-25(12-18(17)14-26)15-20-10-21(23(3,4)5)24-27(20)19-6-8-29-9-7-19/h10,16-19H,6-9,11-15H2,1-5H3. The Bertz CT molecular complexity index is 734. The van der Waals surface area contributed by atoms with E-state index < -0.39 is 0 Å². The molecule has 3 aliphatic heterocycles. The second-order valence-electron chi connectivity index (χ2n) is 10.6. The van der Waals surface area contributed by atoms with Gasteiger partial charge in [-0.1, -0.05) is 20.8 Å².